The molecule has 136 valence electrons. The zero-order valence-electron chi connectivity index (χ0n) is 15.1. The molecule has 3 aromatic rings. The van der Waals surface area contributed by atoms with Gasteiger partial charge >= 0.3 is 0 Å². The van der Waals surface area contributed by atoms with Crippen LogP contribution in [0.5, 0.6) is 5.75 Å². The van der Waals surface area contributed by atoms with E-state index < -0.39 is 0 Å². The van der Waals surface area contributed by atoms with E-state index in [-0.39, 0.29) is 0 Å². The van der Waals surface area contributed by atoms with Crippen molar-refractivity contribution in [1.29, 1.82) is 0 Å². The van der Waals surface area contributed by atoms with Crippen molar-refractivity contribution in [2.75, 3.05) is 0 Å². The molecule has 0 heterocycles. The fourth-order valence-corrected chi connectivity index (χ4v) is 3.38. The van der Waals surface area contributed by atoms with Gasteiger partial charge in [-0.3, -0.25) is 0 Å². The van der Waals surface area contributed by atoms with Crippen LogP contribution < -0.4 is 10.1 Å². The SMILES string of the molecule is CC[C@@H](C)NCc1c(OCc2c(Cl)cccc2Cl)ccc2ccccc12. The van der Waals surface area contributed by atoms with Crippen LogP contribution in [0.2, 0.25) is 10.0 Å². The average Bonchev–Trinajstić information content (AvgIpc) is 2.66. The van der Waals surface area contributed by atoms with Gasteiger partial charge in [0.05, 0.1) is 0 Å². The molecule has 1 N–H and O–H groups in total. The van der Waals surface area contributed by atoms with Gasteiger partial charge in [-0.15, -0.1) is 0 Å². The van der Waals surface area contributed by atoms with Crippen LogP contribution in [0.4, 0.5) is 0 Å². The quantitative estimate of drug-likeness (QED) is 0.491. The first-order valence-corrected chi connectivity index (χ1v) is 9.65. The molecule has 3 rings (SSSR count). The van der Waals surface area contributed by atoms with Crippen LogP contribution in [0.15, 0.2) is 54.6 Å². The lowest BCUT2D eigenvalue weighted by atomic mass is 10.0. The molecular formula is C22H23Cl2NO. The Bertz CT molecular complexity index is 874. The molecule has 0 saturated carbocycles. The third-order valence-electron chi connectivity index (χ3n) is 4.67. The van der Waals surface area contributed by atoms with Crippen LogP contribution in [0, 0.1) is 0 Å². The highest BCUT2D eigenvalue weighted by molar-refractivity contribution is 6.35. The highest BCUT2D eigenvalue weighted by Gasteiger charge is 2.12. The van der Waals surface area contributed by atoms with E-state index in [2.05, 4.69) is 49.5 Å². The van der Waals surface area contributed by atoms with E-state index in [1.165, 1.54) is 10.8 Å². The van der Waals surface area contributed by atoms with Crippen molar-refractivity contribution < 1.29 is 4.74 Å². The maximum absolute atomic E-state index is 6.28. The molecule has 0 fully saturated rings. The van der Waals surface area contributed by atoms with E-state index >= 15 is 0 Å². The summed E-state index contributed by atoms with van der Waals surface area (Å²) in [5, 5.41) is 7.22. The predicted octanol–water partition coefficient (Wildman–Crippen LogP) is 6.61. The Morgan fingerprint density at radius 2 is 1.65 bits per heavy atom. The molecule has 0 aromatic heterocycles. The van der Waals surface area contributed by atoms with Crippen LogP contribution in [0.1, 0.15) is 31.4 Å². The molecule has 1 atom stereocenters. The summed E-state index contributed by atoms with van der Waals surface area (Å²) in [5.74, 6) is 0.857. The Balaban J connectivity index is 1.91. The van der Waals surface area contributed by atoms with Gasteiger partial charge in [-0.2, -0.15) is 0 Å². The van der Waals surface area contributed by atoms with Crippen molar-refractivity contribution in [2.24, 2.45) is 0 Å². The van der Waals surface area contributed by atoms with Crippen LogP contribution in [0.25, 0.3) is 10.8 Å². The molecule has 0 aliphatic rings. The van der Waals surface area contributed by atoms with Gasteiger partial charge in [-0.1, -0.05) is 66.5 Å². The third-order valence-corrected chi connectivity index (χ3v) is 5.38. The highest BCUT2D eigenvalue weighted by Crippen LogP contribution is 2.31. The number of hydrogen-bond donors (Lipinski definition) is 1. The summed E-state index contributed by atoms with van der Waals surface area (Å²) in [6.45, 7) is 5.46. The van der Waals surface area contributed by atoms with E-state index in [1.807, 2.05) is 24.3 Å². The van der Waals surface area contributed by atoms with Crippen LogP contribution in [0.3, 0.4) is 0 Å². The molecule has 0 unspecified atom stereocenters. The topological polar surface area (TPSA) is 21.3 Å². The zero-order chi connectivity index (χ0) is 18.5. The first kappa shape index (κ1) is 19.0. The minimum atomic E-state index is 0.340. The lowest BCUT2D eigenvalue weighted by molar-refractivity contribution is 0.302. The van der Waals surface area contributed by atoms with Gasteiger partial charge in [0.2, 0.25) is 0 Å². The van der Waals surface area contributed by atoms with Crippen LogP contribution in [-0.2, 0) is 13.2 Å². The fraction of sp³-hybridized carbons (Fsp3) is 0.273. The lowest BCUT2D eigenvalue weighted by Gasteiger charge is -2.18. The zero-order valence-corrected chi connectivity index (χ0v) is 16.6. The smallest absolute Gasteiger partial charge is 0.124 e. The first-order chi connectivity index (χ1) is 12.6. The summed E-state index contributed by atoms with van der Waals surface area (Å²) in [6.07, 6.45) is 1.08. The molecule has 26 heavy (non-hydrogen) atoms. The monoisotopic (exact) mass is 387 g/mol. The minimum Gasteiger partial charge on any atom is -0.488 e. The summed E-state index contributed by atoms with van der Waals surface area (Å²) in [4.78, 5) is 0. The molecule has 0 spiro atoms. The Kier molecular flexibility index (Phi) is 6.42. The molecule has 0 radical (unpaired) electrons. The van der Waals surface area contributed by atoms with Gasteiger partial charge in [0.25, 0.3) is 0 Å². The minimum absolute atomic E-state index is 0.340. The molecule has 4 heteroatoms. The second kappa shape index (κ2) is 8.77. The molecule has 0 aliphatic heterocycles. The lowest BCUT2D eigenvalue weighted by Crippen LogP contribution is -2.24. The molecule has 2 nitrogen and oxygen atoms in total. The third kappa shape index (κ3) is 4.32. The number of benzene rings is 3. The number of fused-ring (bicyclic) bond motifs is 1. The standard InChI is InChI=1S/C22H23Cl2NO/c1-3-15(2)25-13-18-17-8-5-4-7-16(17)11-12-22(18)26-14-19-20(23)9-6-10-21(19)24/h4-12,15,25H,3,13-14H2,1-2H3/t15-/m1/s1. The van der Waals surface area contributed by atoms with Crippen molar-refractivity contribution in [3.63, 3.8) is 0 Å². The number of rotatable bonds is 7. The summed E-state index contributed by atoms with van der Waals surface area (Å²) >= 11 is 12.6. The summed E-state index contributed by atoms with van der Waals surface area (Å²) < 4.78 is 6.15. The molecule has 0 aliphatic carbocycles. The van der Waals surface area contributed by atoms with Crippen molar-refractivity contribution in [3.05, 3.63) is 75.8 Å². The van der Waals surface area contributed by atoms with E-state index in [0.29, 0.717) is 22.7 Å². The van der Waals surface area contributed by atoms with Crippen LogP contribution in [-0.4, -0.2) is 6.04 Å². The van der Waals surface area contributed by atoms with Gasteiger partial charge < -0.3 is 10.1 Å². The van der Waals surface area contributed by atoms with Gasteiger partial charge in [0, 0.05) is 33.8 Å². The summed E-state index contributed by atoms with van der Waals surface area (Å²) in [7, 11) is 0. The number of ether oxygens (including phenoxy) is 1. The highest BCUT2D eigenvalue weighted by atomic mass is 35.5. The summed E-state index contributed by atoms with van der Waals surface area (Å²) in [6, 6.07) is 18.4. The maximum atomic E-state index is 6.28. The normalized spacial score (nSPS) is 12.3. The van der Waals surface area contributed by atoms with Gasteiger partial charge in [0.1, 0.15) is 12.4 Å². The Labute approximate surface area is 165 Å². The second-order valence-electron chi connectivity index (χ2n) is 6.44. The van der Waals surface area contributed by atoms with Crippen molar-refractivity contribution in [2.45, 2.75) is 39.5 Å². The predicted molar refractivity (Wildman–Crippen MR) is 111 cm³/mol. The Hall–Kier alpha value is -1.74. The van der Waals surface area contributed by atoms with E-state index in [4.69, 9.17) is 27.9 Å². The van der Waals surface area contributed by atoms with E-state index in [1.54, 1.807) is 0 Å². The van der Waals surface area contributed by atoms with Gasteiger partial charge in [-0.05, 0) is 42.3 Å². The molecule has 0 saturated heterocycles. The van der Waals surface area contributed by atoms with Crippen molar-refractivity contribution in [3.8, 4) is 5.75 Å². The number of nitrogens with one attached hydrogen (secondary N) is 1. The fourth-order valence-electron chi connectivity index (χ4n) is 2.87. The first-order valence-electron chi connectivity index (χ1n) is 8.89. The Morgan fingerprint density at radius 1 is 0.923 bits per heavy atom. The van der Waals surface area contributed by atoms with Gasteiger partial charge in [0.15, 0.2) is 0 Å². The number of halogens is 2. The molecule has 0 amide bonds. The van der Waals surface area contributed by atoms with Crippen LogP contribution >= 0.6 is 23.2 Å². The largest absolute Gasteiger partial charge is 0.488 e. The van der Waals surface area contributed by atoms with Crippen molar-refractivity contribution in [1.82, 2.24) is 5.32 Å². The van der Waals surface area contributed by atoms with Gasteiger partial charge in [-0.25, -0.2) is 0 Å². The second-order valence-corrected chi connectivity index (χ2v) is 7.26. The molecule has 3 aromatic carbocycles. The molecule has 0 bridgehead atoms. The van der Waals surface area contributed by atoms with E-state index in [0.717, 1.165) is 29.8 Å². The Morgan fingerprint density at radius 3 is 2.38 bits per heavy atom. The van der Waals surface area contributed by atoms with E-state index in [9.17, 15) is 0 Å². The average molecular weight is 388 g/mol. The molecular weight excluding hydrogens is 365 g/mol. The van der Waals surface area contributed by atoms with Crippen molar-refractivity contribution >= 4 is 34.0 Å². The summed E-state index contributed by atoms with van der Waals surface area (Å²) in [5.41, 5.74) is 1.97. The maximum Gasteiger partial charge on any atom is 0.124 e. The number of hydrogen-bond acceptors (Lipinski definition) is 2.